The fourth-order valence-corrected chi connectivity index (χ4v) is 4.16. The lowest BCUT2D eigenvalue weighted by Crippen LogP contribution is -2.13. The molecular formula is C16H14FN3O3S2. The number of halogens is 1. The third-order valence-corrected chi connectivity index (χ3v) is 5.54. The first-order valence-electron chi connectivity index (χ1n) is 7.52. The molecule has 0 saturated heterocycles. The molecule has 9 heteroatoms. The van der Waals surface area contributed by atoms with Crippen LogP contribution in [0.25, 0.3) is 10.8 Å². The zero-order valence-electron chi connectivity index (χ0n) is 13.5. The summed E-state index contributed by atoms with van der Waals surface area (Å²) in [5.74, 6) is 1.28. The van der Waals surface area contributed by atoms with E-state index in [9.17, 15) is 4.39 Å². The van der Waals surface area contributed by atoms with Crippen molar-refractivity contribution in [2.45, 2.75) is 31.4 Å². The monoisotopic (exact) mass is 379 g/mol. The molecule has 0 amide bonds. The van der Waals surface area contributed by atoms with Crippen LogP contribution in [0.3, 0.4) is 0 Å². The van der Waals surface area contributed by atoms with E-state index in [1.165, 1.54) is 35.2 Å². The zero-order valence-corrected chi connectivity index (χ0v) is 15.2. The highest BCUT2D eigenvalue weighted by Gasteiger charge is 2.19. The van der Waals surface area contributed by atoms with Gasteiger partial charge < -0.3 is 13.9 Å². The average molecular weight is 379 g/mol. The largest absolute Gasteiger partial charge is 0.467 e. The van der Waals surface area contributed by atoms with Gasteiger partial charge in [0.1, 0.15) is 16.4 Å². The molecule has 0 spiro atoms. The van der Waals surface area contributed by atoms with E-state index in [1.807, 2.05) is 13.8 Å². The van der Waals surface area contributed by atoms with Crippen LogP contribution < -0.4 is 4.74 Å². The molecule has 25 heavy (non-hydrogen) atoms. The predicted octanol–water partition coefficient (Wildman–Crippen LogP) is 4.11. The van der Waals surface area contributed by atoms with Crippen LogP contribution in [0.4, 0.5) is 4.39 Å². The van der Waals surface area contributed by atoms with Gasteiger partial charge in [0.15, 0.2) is 6.79 Å². The number of thioether (sulfide) groups is 1. The highest BCUT2D eigenvalue weighted by atomic mass is 32.2. The van der Waals surface area contributed by atoms with E-state index < -0.39 is 0 Å². The minimum Gasteiger partial charge on any atom is -0.467 e. The van der Waals surface area contributed by atoms with Gasteiger partial charge in [-0.05, 0) is 26.0 Å². The average Bonchev–Trinajstić information content (AvgIpc) is 3.18. The van der Waals surface area contributed by atoms with Crippen molar-refractivity contribution in [3.63, 3.8) is 0 Å². The lowest BCUT2D eigenvalue weighted by atomic mass is 10.1. The summed E-state index contributed by atoms with van der Waals surface area (Å²) in [6.07, 6.45) is 0. The Labute approximate surface area is 151 Å². The van der Waals surface area contributed by atoms with Crippen LogP contribution in [0.2, 0.25) is 0 Å². The first-order valence-corrected chi connectivity index (χ1v) is 9.33. The fraction of sp³-hybridized carbons (Fsp3) is 0.312. The Morgan fingerprint density at radius 3 is 2.96 bits per heavy atom. The van der Waals surface area contributed by atoms with Crippen LogP contribution in [-0.2, 0) is 17.1 Å². The maximum Gasteiger partial charge on any atom is 0.277 e. The van der Waals surface area contributed by atoms with Gasteiger partial charge in [-0.1, -0.05) is 11.8 Å². The van der Waals surface area contributed by atoms with Gasteiger partial charge in [0, 0.05) is 16.9 Å². The molecule has 0 fully saturated rings. The number of aromatic nitrogens is 3. The highest BCUT2D eigenvalue weighted by molar-refractivity contribution is 7.98. The van der Waals surface area contributed by atoms with Crippen LogP contribution in [0.1, 0.15) is 21.8 Å². The molecule has 4 rings (SSSR count). The number of thiazole rings is 1. The Bertz CT molecular complexity index is 925. The molecule has 1 aliphatic heterocycles. The van der Waals surface area contributed by atoms with Crippen molar-refractivity contribution < 1.29 is 18.3 Å². The van der Waals surface area contributed by atoms with E-state index in [4.69, 9.17) is 13.9 Å². The normalized spacial score (nSPS) is 13.6. The van der Waals surface area contributed by atoms with Gasteiger partial charge in [-0.3, -0.25) is 0 Å². The van der Waals surface area contributed by atoms with Crippen molar-refractivity contribution in [3.05, 3.63) is 39.8 Å². The van der Waals surface area contributed by atoms with Crippen molar-refractivity contribution in [2.24, 2.45) is 0 Å². The standard InChI is InChI=1S/C16H14FN3O3S2/c1-8-14(25-9(2)18-8)15-19-20-16(23-15)24-6-11-4-12(17)3-10-5-21-7-22-13(10)11/h3-4H,5-7H2,1-2H3. The topological polar surface area (TPSA) is 70.3 Å². The molecule has 1 aromatic carbocycles. The molecule has 130 valence electrons. The summed E-state index contributed by atoms with van der Waals surface area (Å²) in [6.45, 7) is 4.36. The smallest absolute Gasteiger partial charge is 0.277 e. The zero-order chi connectivity index (χ0) is 17.4. The molecule has 0 N–H and O–H groups in total. The van der Waals surface area contributed by atoms with Gasteiger partial charge in [-0.2, -0.15) is 0 Å². The van der Waals surface area contributed by atoms with Gasteiger partial charge in [-0.15, -0.1) is 21.5 Å². The summed E-state index contributed by atoms with van der Waals surface area (Å²) < 4.78 is 30.2. The summed E-state index contributed by atoms with van der Waals surface area (Å²) in [5, 5.41) is 9.52. The highest BCUT2D eigenvalue weighted by Crippen LogP contribution is 2.35. The lowest BCUT2D eigenvalue weighted by molar-refractivity contribution is -0.0171. The molecule has 0 saturated carbocycles. The third kappa shape index (κ3) is 3.39. The molecule has 3 heterocycles. The van der Waals surface area contributed by atoms with E-state index in [-0.39, 0.29) is 12.6 Å². The minimum atomic E-state index is -0.314. The maximum atomic E-state index is 13.8. The van der Waals surface area contributed by atoms with Crippen LogP contribution in [0, 0.1) is 19.7 Å². The van der Waals surface area contributed by atoms with Gasteiger partial charge in [-0.25, -0.2) is 9.37 Å². The summed E-state index contributed by atoms with van der Waals surface area (Å²) >= 11 is 2.86. The second-order valence-electron chi connectivity index (χ2n) is 5.47. The number of fused-ring (bicyclic) bond motifs is 1. The van der Waals surface area contributed by atoms with Crippen LogP contribution in [0.5, 0.6) is 5.75 Å². The first-order chi connectivity index (χ1) is 12.1. The molecule has 3 aromatic rings. The van der Waals surface area contributed by atoms with E-state index >= 15 is 0 Å². The molecule has 0 radical (unpaired) electrons. The number of hydrogen-bond donors (Lipinski definition) is 0. The van der Waals surface area contributed by atoms with Gasteiger partial charge in [0.25, 0.3) is 11.1 Å². The quantitative estimate of drug-likeness (QED) is 0.632. The second kappa shape index (κ2) is 6.74. The third-order valence-electron chi connectivity index (χ3n) is 3.61. The molecule has 0 aliphatic carbocycles. The van der Waals surface area contributed by atoms with Crippen LogP contribution in [-0.4, -0.2) is 22.0 Å². The number of rotatable bonds is 4. The van der Waals surface area contributed by atoms with E-state index in [0.29, 0.717) is 34.8 Å². The SMILES string of the molecule is Cc1nc(C)c(-c2nnc(SCc3cc(F)cc4c3OCOC4)o2)s1. The Balaban J connectivity index is 1.53. The first kappa shape index (κ1) is 16.5. The second-order valence-corrected chi connectivity index (χ2v) is 7.60. The molecule has 2 aromatic heterocycles. The Kier molecular flexibility index (Phi) is 4.45. The van der Waals surface area contributed by atoms with Gasteiger partial charge in [0.2, 0.25) is 0 Å². The summed E-state index contributed by atoms with van der Waals surface area (Å²) in [6, 6.07) is 2.90. The van der Waals surface area contributed by atoms with Gasteiger partial charge >= 0.3 is 0 Å². The number of ether oxygens (including phenoxy) is 2. The molecule has 0 bridgehead atoms. The fourth-order valence-electron chi connectivity index (χ4n) is 2.59. The van der Waals surface area contributed by atoms with E-state index in [2.05, 4.69) is 15.2 Å². The van der Waals surface area contributed by atoms with Crippen molar-refractivity contribution >= 4 is 23.1 Å². The van der Waals surface area contributed by atoms with E-state index in [0.717, 1.165) is 21.1 Å². The maximum absolute atomic E-state index is 13.8. The van der Waals surface area contributed by atoms with Crippen molar-refractivity contribution in [3.8, 4) is 16.5 Å². The van der Waals surface area contributed by atoms with Crippen LogP contribution >= 0.6 is 23.1 Å². The molecule has 1 aliphatic rings. The molecule has 0 atom stereocenters. The molecule has 0 unspecified atom stereocenters. The Morgan fingerprint density at radius 1 is 1.28 bits per heavy atom. The van der Waals surface area contributed by atoms with Crippen molar-refractivity contribution in [2.75, 3.05) is 6.79 Å². The molecular weight excluding hydrogens is 365 g/mol. The Morgan fingerprint density at radius 2 is 2.16 bits per heavy atom. The number of hydrogen-bond acceptors (Lipinski definition) is 8. The van der Waals surface area contributed by atoms with E-state index in [1.54, 1.807) is 0 Å². The summed E-state index contributed by atoms with van der Waals surface area (Å²) in [5.41, 5.74) is 2.33. The summed E-state index contributed by atoms with van der Waals surface area (Å²) in [7, 11) is 0. The van der Waals surface area contributed by atoms with Gasteiger partial charge in [0.05, 0.1) is 17.3 Å². The summed E-state index contributed by atoms with van der Waals surface area (Å²) in [4.78, 5) is 5.24. The van der Waals surface area contributed by atoms with Crippen LogP contribution in [0.15, 0.2) is 21.8 Å². The number of benzene rings is 1. The minimum absolute atomic E-state index is 0.172. The predicted molar refractivity (Wildman–Crippen MR) is 91.1 cm³/mol. The Hall–Kier alpha value is -1.97. The number of nitrogens with zero attached hydrogens (tertiary/aromatic N) is 3. The van der Waals surface area contributed by atoms with Crippen molar-refractivity contribution in [1.82, 2.24) is 15.2 Å². The van der Waals surface area contributed by atoms with Crippen molar-refractivity contribution in [1.29, 1.82) is 0 Å². The lowest BCUT2D eigenvalue weighted by Gasteiger charge is -2.20. The number of aryl methyl sites for hydroxylation is 2. The molecule has 6 nitrogen and oxygen atoms in total.